The molecule has 4 heterocycles. The summed E-state index contributed by atoms with van der Waals surface area (Å²) in [5, 5.41) is 8.86. The van der Waals surface area contributed by atoms with E-state index in [2.05, 4.69) is 39.1 Å². The second-order valence-electron chi connectivity index (χ2n) is 7.19. The first-order valence-electron chi connectivity index (χ1n) is 9.53. The number of fused-ring (bicyclic) bond motifs is 2. The maximum atomic E-state index is 4.69. The molecule has 6 nitrogen and oxygen atoms in total. The number of aromatic amines is 1. The van der Waals surface area contributed by atoms with E-state index in [0.717, 1.165) is 33.2 Å². The molecule has 6 heteroatoms. The highest BCUT2D eigenvalue weighted by Crippen LogP contribution is 2.30. The van der Waals surface area contributed by atoms with E-state index >= 15 is 0 Å². The van der Waals surface area contributed by atoms with Crippen molar-refractivity contribution in [1.29, 1.82) is 0 Å². The average molecular weight is 358 g/mol. The summed E-state index contributed by atoms with van der Waals surface area (Å²) in [5.41, 5.74) is 5.11. The van der Waals surface area contributed by atoms with E-state index in [0.29, 0.717) is 12.0 Å². The lowest BCUT2D eigenvalue weighted by molar-refractivity contribution is 0.461. The maximum absolute atomic E-state index is 4.69. The molecule has 4 aromatic rings. The van der Waals surface area contributed by atoms with Crippen LogP contribution >= 0.6 is 0 Å². The zero-order chi connectivity index (χ0) is 18.2. The van der Waals surface area contributed by atoms with Crippen molar-refractivity contribution in [3.63, 3.8) is 0 Å². The monoisotopic (exact) mass is 358 g/mol. The first-order valence-corrected chi connectivity index (χ1v) is 9.53. The van der Waals surface area contributed by atoms with Gasteiger partial charge < -0.3 is 10.3 Å². The molecule has 0 aliphatic heterocycles. The fourth-order valence-electron chi connectivity index (χ4n) is 3.97. The number of anilines is 1. The molecule has 2 N–H and O–H groups in total. The van der Waals surface area contributed by atoms with Crippen LogP contribution in [-0.2, 0) is 0 Å². The number of hydrogen-bond donors (Lipinski definition) is 2. The summed E-state index contributed by atoms with van der Waals surface area (Å²) in [6.07, 6.45) is 15.9. The fourth-order valence-corrected chi connectivity index (χ4v) is 3.97. The Balaban J connectivity index is 1.50. The Morgan fingerprint density at radius 1 is 1.22 bits per heavy atom. The number of hydrogen-bond acceptors (Lipinski definition) is 4. The van der Waals surface area contributed by atoms with Gasteiger partial charge in [0.1, 0.15) is 5.65 Å². The molecule has 5 rings (SSSR count). The molecule has 1 aliphatic rings. The second kappa shape index (κ2) is 6.54. The normalized spacial score (nSPS) is 15.4. The van der Waals surface area contributed by atoms with Crippen molar-refractivity contribution in [2.24, 2.45) is 0 Å². The molecule has 0 aromatic carbocycles. The topological polar surface area (TPSA) is 70.9 Å². The van der Waals surface area contributed by atoms with Crippen molar-refractivity contribution in [1.82, 2.24) is 24.6 Å². The zero-order valence-corrected chi connectivity index (χ0v) is 15.2. The predicted molar refractivity (Wildman–Crippen MR) is 109 cm³/mol. The van der Waals surface area contributed by atoms with E-state index in [9.17, 15) is 0 Å². The zero-order valence-electron chi connectivity index (χ0n) is 15.2. The first kappa shape index (κ1) is 16.1. The molecule has 4 aromatic heterocycles. The van der Waals surface area contributed by atoms with Crippen LogP contribution in [0.5, 0.6) is 0 Å². The van der Waals surface area contributed by atoms with Gasteiger partial charge in [0.15, 0.2) is 0 Å². The van der Waals surface area contributed by atoms with Crippen molar-refractivity contribution >= 4 is 28.6 Å². The van der Waals surface area contributed by atoms with Crippen LogP contribution in [0.2, 0.25) is 0 Å². The number of rotatable bonds is 4. The summed E-state index contributed by atoms with van der Waals surface area (Å²) in [6, 6.07) is 4.68. The lowest BCUT2D eigenvalue weighted by atomic mass is 9.96. The first-order chi connectivity index (χ1) is 13.3. The summed E-state index contributed by atoms with van der Waals surface area (Å²) in [4.78, 5) is 12.6. The third-order valence-electron chi connectivity index (χ3n) is 5.45. The van der Waals surface area contributed by atoms with Crippen molar-refractivity contribution in [3.05, 3.63) is 49.1 Å². The van der Waals surface area contributed by atoms with Gasteiger partial charge >= 0.3 is 0 Å². The van der Waals surface area contributed by atoms with Crippen LogP contribution in [0.3, 0.4) is 0 Å². The van der Waals surface area contributed by atoms with Crippen LogP contribution in [-0.4, -0.2) is 30.6 Å². The van der Waals surface area contributed by atoms with Gasteiger partial charge in [0.05, 0.1) is 11.7 Å². The average Bonchev–Trinajstić information content (AvgIpc) is 3.31. The molecule has 0 saturated heterocycles. The van der Waals surface area contributed by atoms with Crippen molar-refractivity contribution in [2.75, 3.05) is 5.32 Å². The Labute approximate surface area is 157 Å². The molecule has 0 spiro atoms. The number of nitrogens with one attached hydrogen (secondary N) is 2. The standard InChI is InChI=1S/C21H22N6/c1-2-14-11-24-27-9-8-15(10-19(14)27)17-12-22-20-18(17)13-23-21(26-20)25-16-6-4-3-5-7-16/h2,8-13,16H,1,3-7H2,(H2,22,23,25,26). The molecule has 1 fully saturated rings. The number of aromatic nitrogens is 5. The second-order valence-corrected chi connectivity index (χ2v) is 7.19. The van der Waals surface area contributed by atoms with Gasteiger partial charge in [-0.3, -0.25) is 0 Å². The van der Waals surface area contributed by atoms with Crippen LogP contribution < -0.4 is 5.32 Å². The molecule has 0 bridgehead atoms. The van der Waals surface area contributed by atoms with Gasteiger partial charge in [-0.1, -0.05) is 31.9 Å². The number of H-pyrrole nitrogens is 1. The van der Waals surface area contributed by atoms with E-state index in [4.69, 9.17) is 4.98 Å². The van der Waals surface area contributed by atoms with Gasteiger partial charge in [0, 0.05) is 41.1 Å². The molecular weight excluding hydrogens is 336 g/mol. The summed E-state index contributed by atoms with van der Waals surface area (Å²) in [5.74, 6) is 0.711. The Kier molecular flexibility index (Phi) is 3.89. The maximum Gasteiger partial charge on any atom is 0.224 e. The van der Waals surface area contributed by atoms with Crippen LogP contribution in [0, 0.1) is 0 Å². The van der Waals surface area contributed by atoms with Crippen LogP contribution in [0.25, 0.3) is 33.8 Å². The van der Waals surface area contributed by atoms with Gasteiger partial charge in [0.2, 0.25) is 5.95 Å². The molecule has 0 atom stereocenters. The van der Waals surface area contributed by atoms with Crippen LogP contribution in [0.4, 0.5) is 5.95 Å². The van der Waals surface area contributed by atoms with Crippen LogP contribution in [0.15, 0.2) is 43.5 Å². The summed E-state index contributed by atoms with van der Waals surface area (Å²) >= 11 is 0. The highest BCUT2D eigenvalue weighted by atomic mass is 15.2. The lowest BCUT2D eigenvalue weighted by Gasteiger charge is -2.22. The Morgan fingerprint density at radius 3 is 2.96 bits per heavy atom. The Morgan fingerprint density at radius 2 is 2.11 bits per heavy atom. The molecular formula is C21H22N6. The molecule has 0 amide bonds. The van der Waals surface area contributed by atoms with Gasteiger partial charge in [-0.15, -0.1) is 0 Å². The van der Waals surface area contributed by atoms with Gasteiger partial charge in [-0.25, -0.2) is 9.50 Å². The van der Waals surface area contributed by atoms with Gasteiger partial charge in [0.25, 0.3) is 0 Å². The lowest BCUT2D eigenvalue weighted by Crippen LogP contribution is -2.23. The SMILES string of the molecule is C=Cc1cnn2ccc(-c3c[nH]c4nc(NC5CCCCC5)ncc34)cc12. The van der Waals surface area contributed by atoms with Gasteiger partial charge in [-0.2, -0.15) is 10.1 Å². The third kappa shape index (κ3) is 2.87. The minimum atomic E-state index is 0.493. The van der Waals surface area contributed by atoms with E-state index in [1.54, 1.807) is 0 Å². The molecule has 27 heavy (non-hydrogen) atoms. The van der Waals surface area contributed by atoms with Crippen molar-refractivity contribution in [3.8, 4) is 11.1 Å². The van der Waals surface area contributed by atoms with Crippen molar-refractivity contribution < 1.29 is 0 Å². The van der Waals surface area contributed by atoms with E-state index < -0.39 is 0 Å². The Bertz CT molecular complexity index is 1120. The van der Waals surface area contributed by atoms with E-state index in [1.807, 2.05) is 35.4 Å². The smallest absolute Gasteiger partial charge is 0.224 e. The minimum absolute atomic E-state index is 0.493. The summed E-state index contributed by atoms with van der Waals surface area (Å²) in [6.45, 7) is 3.87. The van der Waals surface area contributed by atoms with E-state index in [-0.39, 0.29) is 0 Å². The highest BCUT2D eigenvalue weighted by molar-refractivity contribution is 5.94. The highest BCUT2D eigenvalue weighted by Gasteiger charge is 2.15. The Hall–Kier alpha value is -3.15. The number of pyridine rings is 1. The summed E-state index contributed by atoms with van der Waals surface area (Å²) in [7, 11) is 0. The third-order valence-corrected chi connectivity index (χ3v) is 5.45. The largest absolute Gasteiger partial charge is 0.351 e. The van der Waals surface area contributed by atoms with Crippen LogP contribution in [0.1, 0.15) is 37.7 Å². The number of nitrogens with zero attached hydrogens (tertiary/aromatic N) is 4. The molecule has 0 radical (unpaired) electrons. The van der Waals surface area contributed by atoms with Crippen molar-refractivity contribution in [2.45, 2.75) is 38.1 Å². The predicted octanol–water partition coefficient (Wildman–Crippen LogP) is 4.66. The quantitative estimate of drug-likeness (QED) is 0.556. The fraction of sp³-hybridized carbons (Fsp3) is 0.286. The van der Waals surface area contributed by atoms with E-state index in [1.165, 1.54) is 32.1 Å². The molecule has 0 unspecified atom stereocenters. The minimum Gasteiger partial charge on any atom is -0.351 e. The molecule has 1 aliphatic carbocycles. The molecule has 136 valence electrons. The van der Waals surface area contributed by atoms with Gasteiger partial charge in [-0.05, 0) is 30.5 Å². The summed E-state index contributed by atoms with van der Waals surface area (Å²) < 4.78 is 1.86. The molecule has 1 saturated carbocycles.